The molecule has 0 aliphatic rings. The van der Waals surface area contributed by atoms with Crippen LogP contribution in [0.15, 0.2) is 41.6 Å². The Bertz CT molecular complexity index is 1160. The Morgan fingerprint density at radius 3 is 2.69 bits per heavy atom. The van der Waals surface area contributed by atoms with Crippen LogP contribution in [0.4, 0.5) is 19.6 Å². The highest BCUT2D eigenvalue weighted by Gasteiger charge is 2.24. The number of nitrogens with one attached hydrogen (secondary N) is 3. The van der Waals surface area contributed by atoms with Gasteiger partial charge in [0.05, 0.1) is 0 Å². The fraction of sp³-hybridized carbons (Fsp3) is 0.263. The van der Waals surface area contributed by atoms with E-state index in [1.54, 1.807) is 18.2 Å². The topological polar surface area (TPSA) is 105 Å². The highest BCUT2D eigenvalue weighted by molar-refractivity contribution is 7.93. The van der Waals surface area contributed by atoms with Crippen LogP contribution in [-0.4, -0.2) is 37.4 Å². The summed E-state index contributed by atoms with van der Waals surface area (Å²) < 4.78 is 64.9. The summed E-state index contributed by atoms with van der Waals surface area (Å²) in [7, 11) is -4.39. The van der Waals surface area contributed by atoms with Crippen molar-refractivity contribution in [2.45, 2.75) is 18.4 Å². The van der Waals surface area contributed by atoms with Gasteiger partial charge in [0.2, 0.25) is 5.13 Å². The zero-order chi connectivity index (χ0) is 23.1. The zero-order valence-electron chi connectivity index (χ0n) is 16.9. The lowest BCUT2D eigenvalue weighted by Gasteiger charge is -2.15. The Hall–Kier alpha value is -2.54. The molecule has 0 saturated carbocycles. The van der Waals surface area contributed by atoms with E-state index in [0.717, 1.165) is 30.9 Å². The zero-order valence-corrected chi connectivity index (χ0v) is 19.3. The Labute approximate surface area is 193 Å². The second-order valence-electron chi connectivity index (χ2n) is 6.44. The molecule has 0 atom stereocenters. The maximum Gasteiger partial charge on any atom is 0.266 e. The molecule has 0 aliphatic heterocycles. The van der Waals surface area contributed by atoms with Crippen molar-refractivity contribution in [3.8, 4) is 5.75 Å². The van der Waals surface area contributed by atoms with Gasteiger partial charge in [0.1, 0.15) is 23.6 Å². The third-order valence-corrected chi connectivity index (χ3v) is 6.48. The number of aromatic nitrogens is 2. The van der Waals surface area contributed by atoms with Crippen LogP contribution in [0.25, 0.3) is 0 Å². The lowest BCUT2D eigenvalue weighted by molar-refractivity contribution is 0.288. The lowest BCUT2D eigenvalue weighted by Crippen LogP contribution is -2.22. The molecular weight excluding hydrogens is 484 g/mol. The minimum Gasteiger partial charge on any atom is -0.486 e. The molecule has 2 aromatic carbocycles. The van der Waals surface area contributed by atoms with E-state index >= 15 is 0 Å². The van der Waals surface area contributed by atoms with Gasteiger partial charge >= 0.3 is 0 Å². The van der Waals surface area contributed by atoms with Crippen LogP contribution in [0.1, 0.15) is 12.5 Å². The summed E-state index contributed by atoms with van der Waals surface area (Å²) in [4.78, 5) is 2.80. The molecule has 1 heterocycles. The molecule has 0 amide bonds. The molecule has 3 aromatic rings. The third-order valence-electron chi connectivity index (χ3n) is 4.18. The van der Waals surface area contributed by atoms with Crippen molar-refractivity contribution in [2.75, 3.05) is 29.7 Å². The Morgan fingerprint density at radius 1 is 1.16 bits per heavy atom. The number of anilines is 2. The van der Waals surface area contributed by atoms with E-state index in [4.69, 9.17) is 16.3 Å². The van der Waals surface area contributed by atoms with E-state index < -0.39 is 32.3 Å². The van der Waals surface area contributed by atoms with Gasteiger partial charge in [-0.3, -0.25) is 4.72 Å². The minimum atomic E-state index is -4.39. The van der Waals surface area contributed by atoms with Crippen LogP contribution in [0.2, 0.25) is 5.02 Å². The average Bonchev–Trinajstić information content (AvgIpc) is 3.24. The molecule has 13 heteroatoms. The van der Waals surface area contributed by atoms with Crippen molar-refractivity contribution in [2.24, 2.45) is 0 Å². The Morgan fingerprint density at radius 2 is 1.97 bits per heavy atom. The van der Waals surface area contributed by atoms with Gasteiger partial charge in [-0.05, 0) is 18.7 Å². The molecule has 3 N–H and O–H groups in total. The van der Waals surface area contributed by atoms with E-state index in [0.29, 0.717) is 35.0 Å². The highest BCUT2D eigenvalue weighted by atomic mass is 35.5. The molecule has 3 rings (SSSR count). The van der Waals surface area contributed by atoms with Gasteiger partial charge in [-0.15, -0.1) is 0 Å². The minimum absolute atomic E-state index is 0.0676. The van der Waals surface area contributed by atoms with Gasteiger partial charge in [-0.1, -0.05) is 24.6 Å². The second-order valence-corrected chi connectivity index (χ2v) is 9.30. The normalized spacial score (nSPS) is 11.4. The fourth-order valence-electron chi connectivity index (χ4n) is 2.67. The lowest BCUT2D eigenvalue weighted by atomic mass is 10.2. The van der Waals surface area contributed by atoms with Crippen molar-refractivity contribution in [1.82, 2.24) is 14.7 Å². The number of benzene rings is 2. The molecule has 172 valence electrons. The first-order valence-electron chi connectivity index (χ1n) is 9.44. The summed E-state index contributed by atoms with van der Waals surface area (Å²) in [6.07, 6.45) is 1.14. The Balaban J connectivity index is 1.74. The molecule has 0 radical (unpaired) electrons. The maximum atomic E-state index is 14.5. The predicted octanol–water partition coefficient (Wildman–Crippen LogP) is 3.87. The number of hydrogen-bond acceptors (Lipinski definition) is 8. The number of likely N-dealkylation sites (N-methyl/N-ethyl adjacent to an activating group) is 1. The van der Waals surface area contributed by atoms with Crippen LogP contribution in [0, 0.1) is 11.6 Å². The summed E-state index contributed by atoms with van der Waals surface area (Å²) in [6, 6.07) is 6.32. The summed E-state index contributed by atoms with van der Waals surface area (Å²) >= 11 is 6.82. The van der Waals surface area contributed by atoms with Crippen LogP contribution in [0.5, 0.6) is 5.75 Å². The van der Waals surface area contributed by atoms with E-state index in [1.165, 1.54) is 0 Å². The first-order chi connectivity index (χ1) is 15.3. The van der Waals surface area contributed by atoms with E-state index in [-0.39, 0.29) is 11.7 Å². The molecule has 0 saturated heterocycles. The number of ether oxygens (including phenoxy) is 1. The summed E-state index contributed by atoms with van der Waals surface area (Å²) in [5.74, 6) is -2.62. The van der Waals surface area contributed by atoms with Crippen molar-refractivity contribution in [1.29, 1.82) is 0 Å². The summed E-state index contributed by atoms with van der Waals surface area (Å²) in [5, 5.41) is 6.83. The molecule has 0 fully saturated rings. The molecule has 8 nitrogen and oxygen atoms in total. The van der Waals surface area contributed by atoms with E-state index in [9.17, 15) is 17.2 Å². The van der Waals surface area contributed by atoms with Crippen LogP contribution in [-0.2, 0) is 16.6 Å². The van der Waals surface area contributed by atoms with Crippen molar-refractivity contribution < 1.29 is 21.9 Å². The first-order valence-corrected chi connectivity index (χ1v) is 12.1. The van der Waals surface area contributed by atoms with Crippen LogP contribution < -0.4 is 20.1 Å². The standard InChI is InChI=1S/C19H20ClF2N5O3S2/c1-2-23-5-6-24-16-7-13(20)4-3-12(16)10-30-17-8-15(22)18(9-14(17)21)32(28,29)27-19-25-11-26-31-19/h3-4,7-9,11,23-24H,2,5-6,10H2,1H3,(H,25,26,27). The molecular formula is C19H20ClF2N5O3S2. The largest absolute Gasteiger partial charge is 0.486 e. The van der Waals surface area contributed by atoms with Gasteiger partial charge in [0.15, 0.2) is 11.6 Å². The summed E-state index contributed by atoms with van der Waals surface area (Å²) in [6.45, 7) is 4.09. The van der Waals surface area contributed by atoms with Crippen molar-refractivity contribution in [3.05, 3.63) is 58.9 Å². The molecule has 0 spiro atoms. The second kappa shape index (κ2) is 10.9. The number of rotatable bonds is 11. The van der Waals surface area contributed by atoms with Crippen molar-refractivity contribution in [3.63, 3.8) is 0 Å². The molecule has 1 aromatic heterocycles. The Kier molecular flexibility index (Phi) is 8.18. The average molecular weight is 504 g/mol. The van der Waals surface area contributed by atoms with Gasteiger partial charge in [0.25, 0.3) is 10.0 Å². The molecule has 0 bridgehead atoms. The van der Waals surface area contributed by atoms with Crippen LogP contribution >= 0.6 is 23.1 Å². The monoisotopic (exact) mass is 503 g/mol. The van der Waals surface area contributed by atoms with E-state index in [2.05, 4.69) is 20.0 Å². The number of hydrogen-bond donors (Lipinski definition) is 3. The molecule has 32 heavy (non-hydrogen) atoms. The SMILES string of the molecule is CCNCCNc1cc(Cl)ccc1COc1cc(F)c(S(=O)(=O)Nc2ncns2)cc1F. The fourth-order valence-corrected chi connectivity index (χ4v) is 4.58. The number of halogens is 3. The van der Waals surface area contributed by atoms with Gasteiger partial charge in [0, 0.05) is 53.0 Å². The third kappa shape index (κ3) is 6.25. The van der Waals surface area contributed by atoms with Gasteiger partial charge in [-0.2, -0.15) is 4.37 Å². The van der Waals surface area contributed by atoms with Crippen molar-refractivity contribution >= 4 is 44.0 Å². The number of sulfonamides is 1. The maximum absolute atomic E-state index is 14.5. The highest BCUT2D eigenvalue weighted by Crippen LogP contribution is 2.28. The quantitative estimate of drug-likeness (QED) is 0.341. The number of nitrogens with zero attached hydrogens (tertiary/aromatic N) is 2. The van der Waals surface area contributed by atoms with Crippen LogP contribution in [0.3, 0.4) is 0 Å². The summed E-state index contributed by atoms with van der Waals surface area (Å²) in [5.41, 5.74) is 1.36. The van der Waals surface area contributed by atoms with Gasteiger partial charge in [-0.25, -0.2) is 22.2 Å². The van der Waals surface area contributed by atoms with Gasteiger partial charge < -0.3 is 15.4 Å². The first kappa shape index (κ1) is 24.1. The predicted molar refractivity (Wildman–Crippen MR) is 120 cm³/mol. The smallest absolute Gasteiger partial charge is 0.266 e. The molecule has 0 aliphatic carbocycles. The van der Waals surface area contributed by atoms with E-state index in [1.807, 2.05) is 11.6 Å². The molecule has 0 unspecified atom stereocenters.